The van der Waals surface area contributed by atoms with Crippen molar-refractivity contribution in [3.05, 3.63) is 51.7 Å². The van der Waals surface area contributed by atoms with Gasteiger partial charge in [-0.3, -0.25) is 0 Å². The van der Waals surface area contributed by atoms with Crippen LogP contribution in [0.3, 0.4) is 0 Å². The Morgan fingerprint density at radius 1 is 1.32 bits per heavy atom. The third-order valence-electron chi connectivity index (χ3n) is 3.37. The minimum absolute atomic E-state index is 0.117. The maximum atomic E-state index is 10.6. The Kier molecular flexibility index (Phi) is 4.58. The van der Waals surface area contributed by atoms with Crippen LogP contribution < -0.4 is 10.5 Å². The number of nitrogens with two attached hydrogens (primary N) is 1. The molecule has 4 heteroatoms. The average Bonchev–Trinajstić information content (AvgIpc) is 2.89. The van der Waals surface area contributed by atoms with Crippen LogP contribution in [0.2, 0.25) is 0 Å². The van der Waals surface area contributed by atoms with Gasteiger partial charge in [0, 0.05) is 12.5 Å². The van der Waals surface area contributed by atoms with Crippen molar-refractivity contribution >= 4 is 11.3 Å². The van der Waals surface area contributed by atoms with E-state index in [4.69, 9.17) is 10.5 Å². The second kappa shape index (κ2) is 6.19. The fourth-order valence-corrected chi connectivity index (χ4v) is 3.21. The first-order valence-corrected chi connectivity index (χ1v) is 7.12. The molecule has 3 N–H and O–H groups in total. The lowest BCUT2D eigenvalue weighted by atomic mass is 9.89. The third-order valence-corrected chi connectivity index (χ3v) is 4.34. The van der Waals surface area contributed by atoms with Crippen molar-refractivity contribution in [2.45, 2.75) is 18.9 Å². The molecule has 0 aliphatic carbocycles. The molecule has 0 spiro atoms. The van der Waals surface area contributed by atoms with Gasteiger partial charge in [0.25, 0.3) is 0 Å². The van der Waals surface area contributed by atoms with Gasteiger partial charge < -0.3 is 15.6 Å². The van der Waals surface area contributed by atoms with Gasteiger partial charge in [-0.2, -0.15) is 0 Å². The fourth-order valence-electron chi connectivity index (χ4n) is 2.30. The number of methoxy groups -OCH3 is 1. The van der Waals surface area contributed by atoms with Crippen molar-refractivity contribution in [2.24, 2.45) is 5.73 Å². The van der Waals surface area contributed by atoms with E-state index in [9.17, 15) is 5.11 Å². The molecule has 102 valence electrons. The highest BCUT2D eigenvalue weighted by atomic mass is 32.1. The van der Waals surface area contributed by atoms with Crippen molar-refractivity contribution in [3.63, 3.8) is 0 Å². The van der Waals surface area contributed by atoms with Gasteiger partial charge in [0.05, 0.1) is 18.1 Å². The Morgan fingerprint density at radius 3 is 2.68 bits per heavy atom. The van der Waals surface area contributed by atoms with E-state index in [1.54, 1.807) is 7.11 Å². The zero-order valence-corrected chi connectivity index (χ0v) is 12.0. The quantitative estimate of drug-likeness (QED) is 0.883. The number of rotatable bonds is 5. The van der Waals surface area contributed by atoms with Crippen LogP contribution in [0.4, 0.5) is 0 Å². The van der Waals surface area contributed by atoms with E-state index in [0.29, 0.717) is 6.54 Å². The van der Waals surface area contributed by atoms with Gasteiger partial charge in [0.2, 0.25) is 0 Å². The van der Waals surface area contributed by atoms with E-state index < -0.39 is 6.10 Å². The summed E-state index contributed by atoms with van der Waals surface area (Å²) in [6.07, 6.45) is -0.638. The molecule has 2 unspecified atom stereocenters. The number of hydrogen-bond acceptors (Lipinski definition) is 4. The van der Waals surface area contributed by atoms with E-state index >= 15 is 0 Å². The summed E-state index contributed by atoms with van der Waals surface area (Å²) in [4.78, 5) is 0.834. The minimum Gasteiger partial charge on any atom is -0.495 e. The maximum Gasteiger partial charge on any atom is 0.135 e. The van der Waals surface area contributed by atoms with Crippen molar-refractivity contribution in [3.8, 4) is 5.75 Å². The highest BCUT2D eigenvalue weighted by Gasteiger charge is 2.26. The molecular formula is C15H19NO2S. The van der Waals surface area contributed by atoms with Gasteiger partial charge in [-0.15, -0.1) is 11.3 Å². The Labute approximate surface area is 117 Å². The molecule has 2 atom stereocenters. The van der Waals surface area contributed by atoms with Crippen LogP contribution in [-0.2, 0) is 0 Å². The number of ether oxygens (including phenoxy) is 1. The van der Waals surface area contributed by atoms with Gasteiger partial charge in [0.1, 0.15) is 5.75 Å². The van der Waals surface area contributed by atoms with E-state index in [-0.39, 0.29) is 5.92 Å². The zero-order chi connectivity index (χ0) is 13.8. The monoisotopic (exact) mass is 277 g/mol. The fraction of sp³-hybridized carbons (Fsp3) is 0.333. The van der Waals surface area contributed by atoms with Crippen LogP contribution in [-0.4, -0.2) is 18.8 Å². The third kappa shape index (κ3) is 2.81. The van der Waals surface area contributed by atoms with Crippen LogP contribution in [0.5, 0.6) is 5.75 Å². The molecule has 0 aliphatic rings. The molecule has 0 amide bonds. The summed E-state index contributed by atoms with van der Waals surface area (Å²) in [6, 6.07) is 9.90. The van der Waals surface area contributed by atoms with Gasteiger partial charge >= 0.3 is 0 Å². The van der Waals surface area contributed by atoms with Crippen molar-refractivity contribution in [1.82, 2.24) is 0 Å². The molecule has 1 aromatic carbocycles. The lowest BCUT2D eigenvalue weighted by Gasteiger charge is -2.23. The molecule has 1 aromatic heterocycles. The second-order valence-electron chi connectivity index (χ2n) is 4.50. The summed E-state index contributed by atoms with van der Waals surface area (Å²) in [5.41, 5.74) is 8.11. The minimum atomic E-state index is -0.638. The first kappa shape index (κ1) is 14.1. The molecular weight excluding hydrogens is 258 g/mol. The summed E-state index contributed by atoms with van der Waals surface area (Å²) in [6.45, 7) is 2.43. The van der Waals surface area contributed by atoms with Crippen LogP contribution in [0, 0.1) is 6.92 Å². The van der Waals surface area contributed by atoms with Gasteiger partial charge in [-0.05, 0) is 29.5 Å². The molecule has 2 rings (SSSR count). The van der Waals surface area contributed by atoms with Crippen LogP contribution in [0.25, 0.3) is 0 Å². The number of aliphatic hydroxyl groups excluding tert-OH is 1. The Morgan fingerprint density at radius 2 is 2.05 bits per heavy atom. The number of aliphatic hydroxyl groups is 1. The standard InChI is InChI=1S/C15H19NO2S/c1-10-5-3-4-6-11(10)12(9-16)14(17)15-13(18-2)7-8-19-15/h3-8,12,14,17H,9,16H2,1-2H3. The average molecular weight is 277 g/mol. The first-order chi connectivity index (χ1) is 9.19. The summed E-state index contributed by atoms with van der Waals surface area (Å²) in [5.74, 6) is 0.610. The van der Waals surface area contributed by atoms with Crippen molar-refractivity contribution in [1.29, 1.82) is 0 Å². The van der Waals surface area contributed by atoms with Gasteiger partial charge in [0.15, 0.2) is 0 Å². The van der Waals surface area contributed by atoms with Crippen molar-refractivity contribution in [2.75, 3.05) is 13.7 Å². The van der Waals surface area contributed by atoms with Gasteiger partial charge in [-0.25, -0.2) is 0 Å². The number of benzene rings is 1. The first-order valence-electron chi connectivity index (χ1n) is 6.24. The van der Waals surface area contributed by atoms with E-state index in [0.717, 1.165) is 21.8 Å². The van der Waals surface area contributed by atoms with Crippen LogP contribution in [0.15, 0.2) is 35.7 Å². The largest absolute Gasteiger partial charge is 0.495 e. The predicted molar refractivity (Wildman–Crippen MR) is 78.8 cm³/mol. The normalized spacial score (nSPS) is 14.1. The second-order valence-corrected chi connectivity index (χ2v) is 5.44. The lowest BCUT2D eigenvalue weighted by molar-refractivity contribution is 0.147. The molecule has 0 saturated heterocycles. The zero-order valence-electron chi connectivity index (χ0n) is 11.2. The molecule has 0 saturated carbocycles. The molecule has 2 aromatic rings. The summed E-state index contributed by atoms with van der Waals surface area (Å²) < 4.78 is 5.28. The smallest absolute Gasteiger partial charge is 0.135 e. The number of hydrogen-bond donors (Lipinski definition) is 2. The number of aryl methyl sites for hydroxylation is 1. The highest BCUT2D eigenvalue weighted by Crippen LogP contribution is 2.39. The molecule has 0 bridgehead atoms. The Bertz CT molecular complexity index is 538. The topological polar surface area (TPSA) is 55.5 Å². The molecule has 19 heavy (non-hydrogen) atoms. The summed E-state index contributed by atoms with van der Waals surface area (Å²) in [5, 5.41) is 12.5. The van der Waals surface area contributed by atoms with Crippen LogP contribution >= 0.6 is 11.3 Å². The summed E-state index contributed by atoms with van der Waals surface area (Å²) in [7, 11) is 1.61. The number of thiophene rings is 1. The SMILES string of the molecule is COc1ccsc1C(O)C(CN)c1ccccc1C. The lowest BCUT2D eigenvalue weighted by Crippen LogP contribution is -2.20. The van der Waals surface area contributed by atoms with Crippen LogP contribution in [0.1, 0.15) is 28.0 Å². The molecule has 0 fully saturated rings. The molecule has 0 aliphatic heterocycles. The van der Waals surface area contributed by atoms with Crippen molar-refractivity contribution < 1.29 is 9.84 Å². The van der Waals surface area contributed by atoms with E-state index in [2.05, 4.69) is 0 Å². The highest BCUT2D eigenvalue weighted by molar-refractivity contribution is 7.10. The van der Waals surface area contributed by atoms with E-state index in [1.165, 1.54) is 11.3 Å². The Hall–Kier alpha value is -1.36. The Balaban J connectivity index is 2.35. The van der Waals surface area contributed by atoms with Gasteiger partial charge in [-0.1, -0.05) is 24.3 Å². The maximum absolute atomic E-state index is 10.6. The predicted octanol–water partition coefficient (Wildman–Crippen LogP) is 2.84. The summed E-state index contributed by atoms with van der Waals surface area (Å²) >= 11 is 1.50. The molecule has 1 heterocycles. The molecule has 0 radical (unpaired) electrons. The van der Waals surface area contributed by atoms with E-state index in [1.807, 2.05) is 42.6 Å². The molecule has 3 nitrogen and oxygen atoms in total.